The molecule has 0 atom stereocenters. The number of hydrogen-bond donors (Lipinski definition) is 0. The Labute approximate surface area is 71.7 Å². The third kappa shape index (κ3) is 1.92. The van der Waals surface area contributed by atoms with Crippen LogP contribution in [-0.4, -0.2) is 13.4 Å². The van der Waals surface area contributed by atoms with Gasteiger partial charge in [-0.05, 0) is 19.1 Å². The maximum Gasteiger partial charge on any atom is 0.216 e. The van der Waals surface area contributed by atoms with Crippen LogP contribution in [0.1, 0.15) is 6.92 Å². The lowest BCUT2D eigenvalue weighted by molar-refractivity contribution is 0.601. The minimum atomic E-state index is -3.30. The number of sulfone groups is 1. The van der Waals surface area contributed by atoms with Crippen molar-refractivity contribution in [3.05, 3.63) is 35.9 Å². The maximum atomic E-state index is 11.3. The van der Waals surface area contributed by atoms with E-state index in [0.717, 1.165) is 5.41 Å². The van der Waals surface area contributed by atoms with Gasteiger partial charge in [-0.25, -0.2) is 13.4 Å². The normalized spacial score (nSPS) is 12.1. The first-order valence-electron chi connectivity index (χ1n) is 3.45. The largest absolute Gasteiger partial charge is 0.244 e. The van der Waals surface area contributed by atoms with Gasteiger partial charge in [-0.1, -0.05) is 12.1 Å². The molecule has 0 aliphatic heterocycles. The van der Waals surface area contributed by atoms with Crippen molar-refractivity contribution >= 4 is 9.84 Å². The first-order valence-corrected chi connectivity index (χ1v) is 5.00. The molecule has 0 spiro atoms. The average molecular weight is 183 g/mol. The summed E-state index contributed by atoms with van der Waals surface area (Å²) < 4.78 is 22.6. The first-order chi connectivity index (χ1) is 5.67. The highest BCUT2D eigenvalue weighted by atomic mass is 32.2. The summed E-state index contributed by atoms with van der Waals surface area (Å²) in [6.45, 7) is 1.65. The third-order valence-electron chi connectivity index (χ3n) is 1.24. The van der Waals surface area contributed by atoms with Crippen LogP contribution in [0, 0.1) is 0 Å². The van der Waals surface area contributed by atoms with Crippen molar-refractivity contribution in [2.24, 2.45) is 0 Å². The highest BCUT2D eigenvalue weighted by Crippen LogP contribution is 2.06. The quantitative estimate of drug-likeness (QED) is 0.696. The Morgan fingerprint density at radius 1 is 1.42 bits per heavy atom. The predicted octanol–water partition coefficient (Wildman–Crippen LogP) is 1.39. The summed E-state index contributed by atoms with van der Waals surface area (Å²) in [5.74, 6) is 0. The maximum absolute atomic E-state index is 11.3. The van der Waals surface area contributed by atoms with E-state index in [1.807, 2.05) is 0 Å². The van der Waals surface area contributed by atoms with E-state index in [2.05, 4.69) is 4.98 Å². The van der Waals surface area contributed by atoms with Crippen molar-refractivity contribution in [1.82, 2.24) is 4.98 Å². The topological polar surface area (TPSA) is 47.0 Å². The van der Waals surface area contributed by atoms with Crippen LogP contribution in [0.25, 0.3) is 0 Å². The molecule has 1 aromatic heterocycles. The van der Waals surface area contributed by atoms with Gasteiger partial charge >= 0.3 is 0 Å². The molecule has 1 rings (SSSR count). The molecule has 0 fully saturated rings. The number of allylic oxidation sites excluding steroid dienone is 1. The summed E-state index contributed by atoms with van der Waals surface area (Å²) in [6.07, 6.45) is 2.93. The molecule has 0 aliphatic rings. The van der Waals surface area contributed by atoms with E-state index in [0.29, 0.717) is 0 Å². The molecule has 1 heterocycles. The Morgan fingerprint density at radius 3 is 2.67 bits per heavy atom. The fourth-order valence-electron chi connectivity index (χ4n) is 0.764. The predicted molar refractivity (Wildman–Crippen MR) is 46.2 cm³/mol. The third-order valence-corrected chi connectivity index (χ3v) is 2.70. The zero-order valence-electron chi connectivity index (χ0n) is 6.64. The lowest BCUT2D eigenvalue weighted by Gasteiger charge is -1.94. The molecular weight excluding hydrogens is 174 g/mol. The average Bonchev–Trinajstić information content (AvgIpc) is 2.06. The van der Waals surface area contributed by atoms with Crippen LogP contribution in [0.15, 0.2) is 40.9 Å². The smallest absolute Gasteiger partial charge is 0.216 e. The molecule has 0 aromatic carbocycles. The van der Waals surface area contributed by atoms with E-state index in [4.69, 9.17) is 0 Å². The Bertz CT molecular complexity index is 367. The van der Waals surface area contributed by atoms with E-state index in [9.17, 15) is 8.42 Å². The summed E-state index contributed by atoms with van der Waals surface area (Å²) in [4.78, 5) is 3.73. The minimum Gasteiger partial charge on any atom is -0.244 e. The Hall–Kier alpha value is -1.16. The highest BCUT2D eigenvalue weighted by Gasteiger charge is 2.09. The van der Waals surface area contributed by atoms with Gasteiger partial charge in [-0.15, -0.1) is 0 Å². The second-order valence-corrected chi connectivity index (χ2v) is 3.96. The molecule has 0 N–H and O–H groups in total. The van der Waals surface area contributed by atoms with Crippen LogP contribution in [0.5, 0.6) is 0 Å². The van der Waals surface area contributed by atoms with Crippen molar-refractivity contribution < 1.29 is 8.42 Å². The van der Waals surface area contributed by atoms with Gasteiger partial charge in [0, 0.05) is 11.6 Å². The lowest BCUT2D eigenvalue weighted by atomic mass is 10.5. The van der Waals surface area contributed by atoms with Crippen LogP contribution in [0.3, 0.4) is 0 Å². The van der Waals surface area contributed by atoms with Crippen molar-refractivity contribution in [1.29, 1.82) is 0 Å². The van der Waals surface area contributed by atoms with Gasteiger partial charge in [0.05, 0.1) is 0 Å². The molecule has 0 amide bonds. The second-order valence-electron chi connectivity index (χ2n) is 2.18. The molecule has 0 aliphatic carbocycles. The van der Waals surface area contributed by atoms with Crippen LogP contribution in [0.4, 0.5) is 0 Å². The summed E-state index contributed by atoms with van der Waals surface area (Å²) >= 11 is 0. The number of aromatic nitrogens is 1. The van der Waals surface area contributed by atoms with Crippen LogP contribution in [-0.2, 0) is 9.84 Å². The molecule has 0 saturated carbocycles. The lowest BCUT2D eigenvalue weighted by Crippen LogP contribution is -1.97. The zero-order valence-corrected chi connectivity index (χ0v) is 7.45. The standard InChI is InChI=1S/C8H9NO2S/c1-2-7-12(10,11)8-5-3-4-6-9-8/h2-7H,1H3/b7-2-. The Morgan fingerprint density at radius 2 is 2.17 bits per heavy atom. The van der Waals surface area contributed by atoms with Gasteiger partial charge in [0.15, 0.2) is 5.03 Å². The van der Waals surface area contributed by atoms with Crippen molar-refractivity contribution in [3.8, 4) is 0 Å². The van der Waals surface area contributed by atoms with Gasteiger partial charge < -0.3 is 0 Å². The molecule has 64 valence electrons. The first kappa shape index (κ1) is 8.93. The number of nitrogens with zero attached hydrogens (tertiary/aromatic N) is 1. The van der Waals surface area contributed by atoms with Gasteiger partial charge in [0.2, 0.25) is 9.84 Å². The molecule has 0 saturated heterocycles. The minimum absolute atomic E-state index is 0.0862. The SMILES string of the molecule is C/C=C\S(=O)(=O)c1ccccn1. The van der Waals surface area contributed by atoms with Gasteiger partial charge in [0.25, 0.3) is 0 Å². The summed E-state index contributed by atoms with van der Waals surface area (Å²) in [5.41, 5.74) is 0. The molecule has 3 nitrogen and oxygen atoms in total. The summed E-state index contributed by atoms with van der Waals surface area (Å²) in [5, 5.41) is 1.22. The van der Waals surface area contributed by atoms with Gasteiger partial charge in [-0.2, -0.15) is 0 Å². The van der Waals surface area contributed by atoms with Crippen LogP contribution >= 0.6 is 0 Å². The Kier molecular flexibility index (Phi) is 2.60. The van der Waals surface area contributed by atoms with Crippen molar-refractivity contribution in [2.45, 2.75) is 11.9 Å². The van der Waals surface area contributed by atoms with E-state index < -0.39 is 9.84 Å². The summed E-state index contributed by atoms with van der Waals surface area (Å²) in [7, 11) is -3.30. The molecular formula is C8H9NO2S. The van der Waals surface area contributed by atoms with E-state index in [1.165, 1.54) is 18.3 Å². The van der Waals surface area contributed by atoms with Gasteiger partial charge in [0.1, 0.15) is 0 Å². The molecule has 0 unspecified atom stereocenters. The number of rotatable bonds is 2. The second kappa shape index (κ2) is 3.49. The molecule has 4 heteroatoms. The number of hydrogen-bond acceptors (Lipinski definition) is 3. The fourth-order valence-corrected chi connectivity index (χ4v) is 1.74. The van der Waals surface area contributed by atoms with Crippen LogP contribution in [0.2, 0.25) is 0 Å². The van der Waals surface area contributed by atoms with E-state index >= 15 is 0 Å². The van der Waals surface area contributed by atoms with Crippen LogP contribution < -0.4 is 0 Å². The highest BCUT2D eigenvalue weighted by molar-refractivity contribution is 7.94. The van der Waals surface area contributed by atoms with Crippen molar-refractivity contribution in [2.75, 3.05) is 0 Å². The fraction of sp³-hybridized carbons (Fsp3) is 0.125. The van der Waals surface area contributed by atoms with Crippen molar-refractivity contribution in [3.63, 3.8) is 0 Å². The summed E-state index contributed by atoms with van der Waals surface area (Å²) in [6, 6.07) is 4.79. The number of pyridine rings is 1. The molecule has 0 radical (unpaired) electrons. The monoisotopic (exact) mass is 183 g/mol. The van der Waals surface area contributed by atoms with Gasteiger partial charge in [-0.3, -0.25) is 0 Å². The van der Waals surface area contributed by atoms with E-state index in [-0.39, 0.29) is 5.03 Å². The molecule has 12 heavy (non-hydrogen) atoms. The Balaban J connectivity index is 3.16. The molecule has 0 bridgehead atoms. The van der Waals surface area contributed by atoms with E-state index in [1.54, 1.807) is 19.1 Å². The zero-order chi connectivity index (χ0) is 9.03. The molecule has 1 aromatic rings.